The minimum Gasteiger partial charge on any atom is -0.454 e. The molecule has 0 aromatic heterocycles. The molecule has 0 spiro atoms. The van der Waals surface area contributed by atoms with Crippen LogP contribution in [-0.4, -0.2) is 24.4 Å². The van der Waals surface area contributed by atoms with Crippen molar-refractivity contribution < 1.29 is 19.1 Å². The standard InChI is InChI=1S/C22H17ClN2O4S/c23-15-4-1-3-14(9-15)22(27)25-16-5-2-6-18(10-16)30-12-21(26)24-17-7-8-19-20(11-17)29-13-28-19/h1-11H,12-13H2,(H,24,26)(H,25,27). The Morgan fingerprint density at radius 2 is 1.70 bits per heavy atom. The van der Waals surface area contributed by atoms with Crippen molar-refractivity contribution in [3.05, 3.63) is 77.3 Å². The van der Waals surface area contributed by atoms with Crippen LogP contribution in [0.15, 0.2) is 71.6 Å². The van der Waals surface area contributed by atoms with Gasteiger partial charge in [0.2, 0.25) is 12.7 Å². The Labute approximate surface area is 182 Å². The molecule has 3 aromatic rings. The zero-order chi connectivity index (χ0) is 20.9. The largest absolute Gasteiger partial charge is 0.454 e. The minimum absolute atomic E-state index is 0.146. The first-order valence-corrected chi connectivity index (χ1v) is 10.4. The fraction of sp³-hybridized carbons (Fsp3) is 0.0909. The third-order valence-electron chi connectivity index (χ3n) is 4.20. The Balaban J connectivity index is 1.33. The van der Waals surface area contributed by atoms with E-state index in [1.165, 1.54) is 11.8 Å². The number of anilines is 2. The first kappa shape index (κ1) is 20.1. The van der Waals surface area contributed by atoms with Crippen LogP contribution in [0.4, 0.5) is 11.4 Å². The molecule has 4 rings (SSSR count). The first-order chi connectivity index (χ1) is 14.6. The highest BCUT2D eigenvalue weighted by Crippen LogP contribution is 2.34. The van der Waals surface area contributed by atoms with Gasteiger partial charge in [0.1, 0.15) is 0 Å². The molecule has 2 amide bonds. The summed E-state index contributed by atoms with van der Waals surface area (Å²) in [5.41, 5.74) is 1.76. The first-order valence-electron chi connectivity index (χ1n) is 9.06. The van der Waals surface area contributed by atoms with E-state index in [-0.39, 0.29) is 24.4 Å². The van der Waals surface area contributed by atoms with Crippen LogP contribution in [0, 0.1) is 0 Å². The zero-order valence-corrected chi connectivity index (χ0v) is 17.3. The second kappa shape index (κ2) is 9.11. The maximum absolute atomic E-state index is 12.4. The van der Waals surface area contributed by atoms with E-state index >= 15 is 0 Å². The number of carbonyl (C=O) groups excluding carboxylic acids is 2. The second-order valence-electron chi connectivity index (χ2n) is 6.40. The van der Waals surface area contributed by atoms with Gasteiger partial charge in [0, 0.05) is 32.9 Å². The Morgan fingerprint density at radius 1 is 0.900 bits per heavy atom. The van der Waals surface area contributed by atoms with Crippen LogP contribution in [0.1, 0.15) is 10.4 Å². The summed E-state index contributed by atoms with van der Waals surface area (Å²) in [7, 11) is 0. The average molecular weight is 441 g/mol. The summed E-state index contributed by atoms with van der Waals surface area (Å²) < 4.78 is 10.6. The molecule has 0 saturated carbocycles. The second-order valence-corrected chi connectivity index (χ2v) is 7.88. The lowest BCUT2D eigenvalue weighted by atomic mass is 10.2. The minimum atomic E-state index is -0.250. The number of benzene rings is 3. The normalized spacial score (nSPS) is 11.8. The summed E-state index contributed by atoms with van der Waals surface area (Å²) in [5.74, 6) is 1.11. The van der Waals surface area contributed by atoms with Gasteiger partial charge < -0.3 is 20.1 Å². The van der Waals surface area contributed by atoms with E-state index in [0.29, 0.717) is 33.5 Å². The Kier molecular flexibility index (Phi) is 6.11. The molecule has 152 valence electrons. The Morgan fingerprint density at radius 3 is 2.57 bits per heavy atom. The number of thioether (sulfide) groups is 1. The average Bonchev–Trinajstić information content (AvgIpc) is 3.20. The molecule has 2 N–H and O–H groups in total. The number of ether oxygens (including phenoxy) is 2. The lowest BCUT2D eigenvalue weighted by molar-refractivity contribution is -0.113. The number of amides is 2. The van der Waals surface area contributed by atoms with Gasteiger partial charge in [-0.25, -0.2) is 0 Å². The summed E-state index contributed by atoms with van der Waals surface area (Å²) >= 11 is 7.31. The molecular formula is C22H17ClN2O4S. The van der Waals surface area contributed by atoms with Crippen molar-refractivity contribution in [3.8, 4) is 11.5 Å². The van der Waals surface area contributed by atoms with Gasteiger partial charge in [-0.1, -0.05) is 23.7 Å². The third-order valence-corrected chi connectivity index (χ3v) is 5.43. The van der Waals surface area contributed by atoms with Gasteiger partial charge in [-0.15, -0.1) is 11.8 Å². The quantitative estimate of drug-likeness (QED) is 0.524. The van der Waals surface area contributed by atoms with Gasteiger partial charge in [-0.05, 0) is 48.5 Å². The number of rotatable bonds is 6. The van der Waals surface area contributed by atoms with Crippen LogP contribution in [0.3, 0.4) is 0 Å². The molecule has 0 unspecified atom stereocenters. The SMILES string of the molecule is O=C(CSc1cccc(NC(=O)c2cccc(Cl)c2)c1)Nc1ccc2c(c1)OCO2. The molecule has 1 aliphatic rings. The van der Waals surface area contributed by atoms with Crippen molar-refractivity contribution in [2.24, 2.45) is 0 Å². The van der Waals surface area contributed by atoms with Crippen LogP contribution in [0.2, 0.25) is 5.02 Å². The Hall–Kier alpha value is -3.16. The van der Waals surface area contributed by atoms with Crippen LogP contribution in [-0.2, 0) is 4.79 Å². The predicted molar refractivity (Wildman–Crippen MR) is 118 cm³/mol. The molecule has 0 fully saturated rings. The third kappa shape index (κ3) is 5.06. The van der Waals surface area contributed by atoms with E-state index in [4.69, 9.17) is 21.1 Å². The van der Waals surface area contributed by atoms with Crippen LogP contribution in [0.5, 0.6) is 11.5 Å². The monoisotopic (exact) mass is 440 g/mol. The molecular weight excluding hydrogens is 424 g/mol. The molecule has 1 aliphatic heterocycles. The molecule has 30 heavy (non-hydrogen) atoms. The predicted octanol–water partition coefficient (Wildman–Crippen LogP) is 5.05. The molecule has 0 aliphatic carbocycles. The summed E-state index contributed by atoms with van der Waals surface area (Å²) in [6, 6.07) is 19.3. The smallest absolute Gasteiger partial charge is 0.255 e. The number of fused-ring (bicyclic) bond motifs is 1. The van der Waals surface area contributed by atoms with Crippen molar-refractivity contribution >= 4 is 46.6 Å². The molecule has 1 heterocycles. The highest BCUT2D eigenvalue weighted by molar-refractivity contribution is 8.00. The molecule has 0 atom stereocenters. The number of hydrogen-bond donors (Lipinski definition) is 2. The Bertz CT molecular complexity index is 1110. The van der Waals surface area contributed by atoms with E-state index in [0.717, 1.165) is 4.90 Å². The van der Waals surface area contributed by atoms with Gasteiger partial charge in [0.15, 0.2) is 11.5 Å². The summed E-state index contributed by atoms with van der Waals surface area (Å²) in [6.07, 6.45) is 0. The van der Waals surface area contributed by atoms with E-state index in [1.54, 1.807) is 48.5 Å². The summed E-state index contributed by atoms with van der Waals surface area (Å²) in [6.45, 7) is 0.187. The van der Waals surface area contributed by atoms with Crippen molar-refractivity contribution in [1.29, 1.82) is 0 Å². The molecule has 0 saturated heterocycles. The molecule has 0 bridgehead atoms. The number of hydrogen-bond acceptors (Lipinski definition) is 5. The van der Waals surface area contributed by atoms with E-state index in [9.17, 15) is 9.59 Å². The molecule has 3 aromatic carbocycles. The lowest BCUT2D eigenvalue weighted by Crippen LogP contribution is -2.14. The fourth-order valence-corrected chi connectivity index (χ4v) is 3.76. The maximum atomic E-state index is 12.4. The van der Waals surface area contributed by atoms with E-state index in [1.807, 2.05) is 18.2 Å². The van der Waals surface area contributed by atoms with Crippen molar-refractivity contribution in [2.45, 2.75) is 4.90 Å². The number of carbonyl (C=O) groups is 2. The highest BCUT2D eigenvalue weighted by Gasteiger charge is 2.14. The number of halogens is 1. The topological polar surface area (TPSA) is 76.7 Å². The van der Waals surface area contributed by atoms with Crippen LogP contribution >= 0.6 is 23.4 Å². The maximum Gasteiger partial charge on any atom is 0.255 e. The van der Waals surface area contributed by atoms with Crippen LogP contribution < -0.4 is 20.1 Å². The molecule has 8 heteroatoms. The molecule has 6 nitrogen and oxygen atoms in total. The van der Waals surface area contributed by atoms with Gasteiger partial charge in [0.25, 0.3) is 5.91 Å². The van der Waals surface area contributed by atoms with Gasteiger partial charge in [0.05, 0.1) is 5.75 Å². The van der Waals surface area contributed by atoms with Crippen molar-refractivity contribution in [3.63, 3.8) is 0 Å². The van der Waals surface area contributed by atoms with Crippen molar-refractivity contribution in [2.75, 3.05) is 23.2 Å². The van der Waals surface area contributed by atoms with Gasteiger partial charge >= 0.3 is 0 Å². The highest BCUT2D eigenvalue weighted by atomic mass is 35.5. The van der Waals surface area contributed by atoms with Gasteiger partial charge in [-0.2, -0.15) is 0 Å². The van der Waals surface area contributed by atoms with E-state index < -0.39 is 0 Å². The summed E-state index contributed by atoms with van der Waals surface area (Å²) in [4.78, 5) is 25.5. The fourth-order valence-electron chi connectivity index (χ4n) is 2.82. The zero-order valence-electron chi connectivity index (χ0n) is 15.7. The molecule has 0 radical (unpaired) electrons. The summed E-state index contributed by atoms with van der Waals surface area (Å²) in [5, 5.41) is 6.18. The van der Waals surface area contributed by atoms with Crippen LogP contribution in [0.25, 0.3) is 0 Å². The van der Waals surface area contributed by atoms with Gasteiger partial charge in [-0.3, -0.25) is 9.59 Å². The lowest BCUT2D eigenvalue weighted by Gasteiger charge is -2.09. The van der Waals surface area contributed by atoms with Crippen molar-refractivity contribution in [1.82, 2.24) is 0 Å². The van der Waals surface area contributed by atoms with E-state index in [2.05, 4.69) is 10.6 Å². The number of nitrogens with one attached hydrogen (secondary N) is 2.